The highest BCUT2D eigenvalue weighted by Gasteiger charge is 2.60. The first kappa shape index (κ1) is 18.6. The number of para-hydroxylation sites is 1. The number of Topliss-reactive ketones (excluding diaryl/α,β-unsaturated/α-hetero) is 2. The van der Waals surface area contributed by atoms with Crippen molar-refractivity contribution in [2.75, 3.05) is 11.4 Å². The van der Waals surface area contributed by atoms with Crippen LogP contribution in [0.4, 0.5) is 5.69 Å². The summed E-state index contributed by atoms with van der Waals surface area (Å²) in [6, 6.07) is 19.0. The molecular formula is C26H29NO2. The maximum atomic E-state index is 13.7. The minimum atomic E-state index is -0.878. The predicted molar refractivity (Wildman–Crippen MR) is 115 cm³/mol. The highest BCUT2D eigenvalue weighted by atomic mass is 16.2. The fourth-order valence-corrected chi connectivity index (χ4v) is 6.08. The normalized spacial score (nSPS) is 27.4. The van der Waals surface area contributed by atoms with E-state index >= 15 is 0 Å². The van der Waals surface area contributed by atoms with E-state index < -0.39 is 5.41 Å². The first-order valence-electron chi connectivity index (χ1n) is 10.9. The predicted octanol–water partition coefficient (Wildman–Crippen LogP) is 4.94. The van der Waals surface area contributed by atoms with Gasteiger partial charge in [0.1, 0.15) is 17.0 Å². The van der Waals surface area contributed by atoms with Crippen molar-refractivity contribution in [1.82, 2.24) is 0 Å². The number of piperidine rings is 1. The van der Waals surface area contributed by atoms with Gasteiger partial charge in [0.25, 0.3) is 0 Å². The lowest BCUT2D eigenvalue weighted by molar-refractivity contribution is -0.151. The van der Waals surface area contributed by atoms with Gasteiger partial charge in [-0.25, -0.2) is 0 Å². The summed E-state index contributed by atoms with van der Waals surface area (Å²) in [7, 11) is 0. The number of hydrogen-bond donors (Lipinski definition) is 0. The van der Waals surface area contributed by atoms with Gasteiger partial charge in [0.05, 0.1) is 0 Å². The third kappa shape index (κ3) is 2.86. The molecule has 3 nitrogen and oxygen atoms in total. The van der Waals surface area contributed by atoms with Gasteiger partial charge in [-0.05, 0) is 47.8 Å². The molecule has 1 saturated heterocycles. The zero-order valence-corrected chi connectivity index (χ0v) is 17.4. The molecule has 2 aliphatic heterocycles. The van der Waals surface area contributed by atoms with Crippen molar-refractivity contribution in [1.29, 1.82) is 0 Å². The van der Waals surface area contributed by atoms with Crippen LogP contribution in [0.15, 0.2) is 54.6 Å². The summed E-state index contributed by atoms with van der Waals surface area (Å²) in [6.45, 7) is 5.00. The fourth-order valence-electron chi connectivity index (χ4n) is 6.08. The van der Waals surface area contributed by atoms with Gasteiger partial charge in [-0.15, -0.1) is 0 Å². The van der Waals surface area contributed by atoms with Crippen LogP contribution in [0.1, 0.15) is 56.6 Å². The molecule has 1 aliphatic carbocycles. The number of benzene rings is 2. The quantitative estimate of drug-likeness (QED) is 0.651. The number of rotatable bonds is 1. The summed E-state index contributed by atoms with van der Waals surface area (Å²) >= 11 is 0. The van der Waals surface area contributed by atoms with E-state index in [1.54, 1.807) is 0 Å². The van der Waals surface area contributed by atoms with Gasteiger partial charge in [0, 0.05) is 31.1 Å². The van der Waals surface area contributed by atoms with Crippen molar-refractivity contribution < 1.29 is 9.59 Å². The molecule has 2 heterocycles. The van der Waals surface area contributed by atoms with Crippen LogP contribution in [-0.2, 0) is 16.0 Å². The van der Waals surface area contributed by atoms with E-state index in [-0.39, 0.29) is 23.0 Å². The molecule has 2 atom stereocenters. The van der Waals surface area contributed by atoms with E-state index in [2.05, 4.69) is 61.2 Å². The molecule has 0 bridgehead atoms. The third-order valence-electron chi connectivity index (χ3n) is 7.49. The first-order valence-corrected chi connectivity index (χ1v) is 10.9. The minimum Gasteiger partial charge on any atom is -0.367 e. The molecule has 0 amide bonds. The van der Waals surface area contributed by atoms with Crippen molar-refractivity contribution in [2.45, 2.75) is 57.9 Å². The van der Waals surface area contributed by atoms with Gasteiger partial charge < -0.3 is 4.90 Å². The molecule has 2 fully saturated rings. The summed E-state index contributed by atoms with van der Waals surface area (Å²) in [6.07, 6.45) is 3.50. The molecule has 1 saturated carbocycles. The van der Waals surface area contributed by atoms with Crippen LogP contribution in [0.5, 0.6) is 0 Å². The maximum Gasteiger partial charge on any atom is 0.149 e. The highest BCUT2D eigenvalue weighted by Crippen LogP contribution is 2.53. The van der Waals surface area contributed by atoms with Crippen LogP contribution in [0, 0.1) is 10.8 Å². The fraction of sp³-hybridized carbons (Fsp3) is 0.462. The Morgan fingerprint density at radius 3 is 2.24 bits per heavy atom. The lowest BCUT2D eigenvalue weighted by Crippen LogP contribution is -2.65. The number of anilines is 1. The molecule has 0 unspecified atom stereocenters. The average Bonchev–Trinajstić information content (AvgIpc) is 2.71. The molecule has 150 valence electrons. The Bertz CT molecular complexity index is 942. The number of hydrogen-bond acceptors (Lipinski definition) is 3. The molecule has 2 aromatic rings. The average molecular weight is 388 g/mol. The Labute approximate surface area is 173 Å². The van der Waals surface area contributed by atoms with Gasteiger partial charge in [-0.1, -0.05) is 62.4 Å². The molecule has 3 heteroatoms. The lowest BCUT2D eigenvalue weighted by Gasteiger charge is -2.56. The summed E-state index contributed by atoms with van der Waals surface area (Å²) in [5.41, 5.74) is 2.60. The monoisotopic (exact) mass is 387 g/mol. The van der Waals surface area contributed by atoms with E-state index in [0.29, 0.717) is 25.2 Å². The summed E-state index contributed by atoms with van der Waals surface area (Å²) < 4.78 is 0. The lowest BCUT2D eigenvalue weighted by atomic mass is 9.55. The second-order valence-corrected chi connectivity index (χ2v) is 9.98. The Morgan fingerprint density at radius 2 is 1.52 bits per heavy atom. The van der Waals surface area contributed by atoms with Crippen molar-refractivity contribution in [2.24, 2.45) is 10.8 Å². The van der Waals surface area contributed by atoms with Gasteiger partial charge in [-0.2, -0.15) is 0 Å². The minimum absolute atomic E-state index is 0.0348. The van der Waals surface area contributed by atoms with Crippen LogP contribution in [0.3, 0.4) is 0 Å². The third-order valence-corrected chi connectivity index (χ3v) is 7.49. The zero-order valence-electron chi connectivity index (χ0n) is 17.4. The van der Waals surface area contributed by atoms with Crippen LogP contribution in [0.25, 0.3) is 0 Å². The Morgan fingerprint density at radius 1 is 0.862 bits per heavy atom. The van der Waals surface area contributed by atoms with E-state index in [1.807, 2.05) is 12.1 Å². The van der Waals surface area contributed by atoms with E-state index in [9.17, 15) is 9.59 Å². The molecule has 29 heavy (non-hydrogen) atoms. The number of carbonyl (C=O) groups is 2. The molecule has 1 spiro atoms. The Hall–Kier alpha value is -2.42. The first-order chi connectivity index (χ1) is 13.9. The maximum absolute atomic E-state index is 13.7. The molecule has 3 aliphatic rings. The largest absolute Gasteiger partial charge is 0.367 e. The van der Waals surface area contributed by atoms with Crippen LogP contribution in [0.2, 0.25) is 0 Å². The van der Waals surface area contributed by atoms with Crippen molar-refractivity contribution in [3.05, 3.63) is 65.7 Å². The van der Waals surface area contributed by atoms with Gasteiger partial charge in [0.15, 0.2) is 0 Å². The molecule has 2 aromatic carbocycles. The topological polar surface area (TPSA) is 37.4 Å². The molecular weight excluding hydrogens is 358 g/mol. The number of nitrogens with zero attached hydrogens (tertiary/aromatic N) is 1. The smallest absolute Gasteiger partial charge is 0.149 e. The highest BCUT2D eigenvalue weighted by molar-refractivity contribution is 6.11. The molecule has 0 aromatic heterocycles. The SMILES string of the molecule is CC1(C)CC(=O)C2(Cc3ccccc3N3CC[C@H](c4ccccc4)C[C@H]32)C(=O)C1. The van der Waals surface area contributed by atoms with Gasteiger partial charge in [-0.3, -0.25) is 9.59 Å². The Balaban J connectivity index is 1.61. The number of ketones is 2. The van der Waals surface area contributed by atoms with Gasteiger partial charge in [0.2, 0.25) is 0 Å². The summed E-state index contributed by atoms with van der Waals surface area (Å²) in [5, 5.41) is 0. The van der Waals surface area contributed by atoms with Crippen LogP contribution < -0.4 is 4.90 Å². The number of carbonyl (C=O) groups excluding carboxylic acids is 2. The molecule has 0 N–H and O–H groups in total. The van der Waals surface area contributed by atoms with E-state index in [1.165, 1.54) is 11.3 Å². The molecule has 5 rings (SSSR count). The Kier molecular flexibility index (Phi) is 4.20. The number of fused-ring (bicyclic) bond motifs is 4. The van der Waals surface area contributed by atoms with Crippen LogP contribution in [-0.4, -0.2) is 24.2 Å². The second kappa shape index (κ2) is 6.55. The van der Waals surface area contributed by atoms with E-state index in [4.69, 9.17) is 0 Å². The van der Waals surface area contributed by atoms with Crippen molar-refractivity contribution in [3.8, 4) is 0 Å². The zero-order chi connectivity index (χ0) is 20.2. The van der Waals surface area contributed by atoms with Crippen molar-refractivity contribution >= 4 is 17.3 Å². The van der Waals surface area contributed by atoms with Crippen LogP contribution >= 0.6 is 0 Å². The van der Waals surface area contributed by atoms with Crippen molar-refractivity contribution in [3.63, 3.8) is 0 Å². The molecule has 0 radical (unpaired) electrons. The summed E-state index contributed by atoms with van der Waals surface area (Å²) in [4.78, 5) is 29.7. The summed E-state index contributed by atoms with van der Waals surface area (Å²) in [5.74, 6) is 0.726. The van der Waals surface area contributed by atoms with E-state index in [0.717, 1.165) is 24.9 Å². The second-order valence-electron chi connectivity index (χ2n) is 9.98. The van der Waals surface area contributed by atoms with Gasteiger partial charge >= 0.3 is 0 Å². The standard InChI is InChI=1S/C26H29NO2/c1-25(2)16-23(28)26(24(29)17-25)15-20-10-6-7-11-21(20)27-13-12-19(14-22(26)27)18-8-4-3-5-9-18/h3-11,19,22H,12-17H2,1-2H3/t19-,22-/m0/s1.